The molecule has 1 aromatic carbocycles. The van der Waals surface area contributed by atoms with Gasteiger partial charge in [-0.3, -0.25) is 0 Å². The molecule has 3 nitrogen and oxygen atoms in total. The molecule has 94 valence electrons. The van der Waals surface area contributed by atoms with Crippen LogP contribution in [0.3, 0.4) is 0 Å². The van der Waals surface area contributed by atoms with Crippen molar-refractivity contribution in [3.63, 3.8) is 0 Å². The third-order valence-corrected chi connectivity index (χ3v) is 3.60. The fourth-order valence-corrected chi connectivity index (χ4v) is 2.39. The zero-order valence-electron chi connectivity index (χ0n) is 10.1. The molecule has 1 N–H and O–H groups in total. The van der Waals surface area contributed by atoms with Crippen molar-refractivity contribution in [2.24, 2.45) is 0 Å². The van der Waals surface area contributed by atoms with Crippen LogP contribution in [0.1, 0.15) is 25.3 Å². The highest BCUT2D eigenvalue weighted by molar-refractivity contribution is 9.10. The van der Waals surface area contributed by atoms with Gasteiger partial charge in [-0.2, -0.15) is 0 Å². The van der Waals surface area contributed by atoms with E-state index >= 15 is 0 Å². The number of methoxy groups -OCH3 is 1. The molecule has 17 heavy (non-hydrogen) atoms. The molecule has 1 aliphatic rings. The lowest BCUT2D eigenvalue weighted by Gasteiger charge is -2.15. The Morgan fingerprint density at radius 2 is 2.06 bits per heavy atom. The average Bonchev–Trinajstić information content (AvgIpc) is 3.00. The Balaban J connectivity index is 2.30. The van der Waals surface area contributed by atoms with E-state index in [0.29, 0.717) is 13.0 Å². The predicted octanol–water partition coefficient (Wildman–Crippen LogP) is 2.92. The normalized spacial score (nSPS) is 16.7. The van der Waals surface area contributed by atoms with Gasteiger partial charge in [0, 0.05) is 12.5 Å². The highest BCUT2D eigenvalue weighted by Gasteiger charge is 2.41. The van der Waals surface area contributed by atoms with Crippen LogP contribution in [0.25, 0.3) is 0 Å². The van der Waals surface area contributed by atoms with Gasteiger partial charge in [0.2, 0.25) is 0 Å². The fraction of sp³-hybridized carbons (Fsp3) is 0.538. The standard InChI is InChI=1S/C13H17BrO3/c1-3-17-11-7-12(16-2)10(14)6-9(11)8-13(15)4-5-13/h6-7,15H,3-5,8H2,1-2H3. The Morgan fingerprint density at radius 3 is 2.59 bits per heavy atom. The van der Waals surface area contributed by atoms with Crippen LogP contribution in [0.2, 0.25) is 0 Å². The van der Waals surface area contributed by atoms with Crippen molar-refractivity contribution in [1.29, 1.82) is 0 Å². The molecule has 0 heterocycles. The number of rotatable bonds is 5. The van der Waals surface area contributed by atoms with Crippen molar-refractivity contribution in [2.45, 2.75) is 31.8 Å². The SMILES string of the molecule is CCOc1cc(OC)c(Br)cc1CC1(O)CC1. The summed E-state index contributed by atoms with van der Waals surface area (Å²) in [5.74, 6) is 1.55. The molecule has 0 spiro atoms. The van der Waals surface area contributed by atoms with Crippen molar-refractivity contribution >= 4 is 15.9 Å². The molecule has 0 radical (unpaired) electrons. The second-order valence-corrected chi connectivity index (χ2v) is 5.28. The highest BCUT2D eigenvalue weighted by atomic mass is 79.9. The van der Waals surface area contributed by atoms with Crippen molar-refractivity contribution in [3.05, 3.63) is 22.2 Å². The highest BCUT2D eigenvalue weighted by Crippen LogP contribution is 2.42. The smallest absolute Gasteiger partial charge is 0.136 e. The van der Waals surface area contributed by atoms with Crippen molar-refractivity contribution in [2.75, 3.05) is 13.7 Å². The summed E-state index contributed by atoms with van der Waals surface area (Å²) in [4.78, 5) is 0. The van der Waals surface area contributed by atoms with Crippen LogP contribution in [-0.4, -0.2) is 24.4 Å². The van der Waals surface area contributed by atoms with E-state index in [2.05, 4.69) is 15.9 Å². The van der Waals surface area contributed by atoms with Crippen LogP contribution >= 0.6 is 15.9 Å². The second-order valence-electron chi connectivity index (χ2n) is 4.43. The van der Waals surface area contributed by atoms with E-state index in [-0.39, 0.29) is 0 Å². The maximum absolute atomic E-state index is 9.99. The van der Waals surface area contributed by atoms with Gasteiger partial charge in [0.25, 0.3) is 0 Å². The summed E-state index contributed by atoms with van der Waals surface area (Å²) in [6.45, 7) is 2.56. The second kappa shape index (κ2) is 4.86. The first-order valence-electron chi connectivity index (χ1n) is 5.79. The van der Waals surface area contributed by atoms with Gasteiger partial charge < -0.3 is 14.6 Å². The molecule has 0 amide bonds. The summed E-state index contributed by atoms with van der Waals surface area (Å²) in [6.07, 6.45) is 2.40. The van der Waals surface area contributed by atoms with Crippen LogP contribution in [0.15, 0.2) is 16.6 Å². The quantitative estimate of drug-likeness (QED) is 0.909. The van der Waals surface area contributed by atoms with E-state index in [1.165, 1.54) is 0 Å². The number of hydrogen-bond acceptors (Lipinski definition) is 3. The van der Waals surface area contributed by atoms with E-state index in [1.807, 2.05) is 19.1 Å². The van der Waals surface area contributed by atoms with Gasteiger partial charge in [-0.05, 0) is 47.3 Å². The topological polar surface area (TPSA) is 38.7 Å². The van der Waals surface area contributed by atoms with Gasteiger partial charge in [0.15, 0.2) is 0 Å². The third kappa shape index (κ3) is 2.93. The minimum atomic E-state index is -0.514. The van der Waals surface area contributed by atoms with E-state index in [4.69, 9.17) is 9.47 Å². The van der Waals surface area contributed by atoms with Gasteiger partial charge in [-0.15, -0.1) is 0 Å². The summed E-state index contributed by atoms with van der Waals surface area (Å²) < 4.78 is 11.7. The zero-order chi connectivity index (χ0) is 12.5. The third-order valence-electron chi connectivity index (χ3n) is 2.98. The lowest BCUT2D eigenvalue weighted by atomic mass is 10.1. The van der Waals surface area contributed by atoms with Crippen molar-refractivity contribution in [1.82, 2.24) is 0 Å². The minimum Gasteiger partial charge on any atom is -0.495 e. The average molecular weight is 301 g/mol. The van der Waals surface area contributed by atoms with E-state index in [0.717, 1.165) is 34.4 Å². The summed E-state index contributed by atoms with van der Waals surface area (Å²) in [7, 11) is 1.63. The van der Waals surface area contributed by atoms with Crippen LogP contribution in [0.5, 0.6) is 11.5 Å². The number of aliphatic hydroxyl groups is 1. The molecule has 0 atom stereocenters. The molecular weight excluding hydrogens is 284 g/mol. The molecule has 1 saturated carbocycles. The molecular formula is C13H17BrO3. The summed E-state index contributed by atoms with van der Waals surface area (Å²) in [5.41, 5.74) is 0.513. The minimum absolute atomic E-state index is 0.514. The molecule has 4 heteroatoms. The zero-order valence-corrected chi connectivity index (χ0v) is 11.7. The summed E-state index contributed by atoms with van der Waals surface area (Å²) >= 11 is 3.46. The molecule has 0 aliphatic heterocycles. The van der Waals surface area contributed by atoms with Gasteiger partial charge in [0.05, 0.1) is 23.8 Å². The van der Waals surface area contributed by atoms with Crippen LogP contribution in [-0.2, 0) is 6.42 Å². The first kappa shape index (κ1) is 12.7. The Labute approximate surface area is 110 Å². The first-order chi connectivity index (χ1) is 8.08. The van der Waals surface area contributed by atoms with Gasteiger partial charge in [-0.25, -0.2) is 0 Å². The van der Waals surface area contributed by atoms with E-state index < -0.39 is 5.60 Å². The molecule has 1 fully saturated rings. The van der Waals surface area contributed by atoms with Crippen molar-refractivity contribution in [3.8, 4) is 11.5 Å². The molecule has 1 aliphatic carbocycles. The lowest BCUT2D eigenvalue weighted by Crippen LogP contribution is -2.12. The van der Waals surface area contributed by atoms with E-state index in [1.54, 1.807) is 7.11 Å². The van der Waals surface area contributed by atoms with E-state index in [9.17, 15) is 5.11 Å². The van der Waals surface area contributed by atoms with Crippen LogP contribution in [0, 0.1) is 0 Å². The van der Waals surface area contributed by atoms with Gasteiger partial charge in [0.1, 0.15) is 11.5 Å². The van der Waals surface area contributed by atoms with Crippen molar-refractivity contribution < 1.29 is 14.6 Å². The molecule has 1 aromatic rings. The fourth-order valence-electron chi connectivity index (χ4n) is 1.84. The first-order valence-corrected chi connectivity index (χ1v) is 6.59. The Morgan fingerprint density at radius 1 is 1.35 bits per heavy atom. The van der Waals surface area contributed by atoms with Crippen LogP contribution < -0.4 is 9.47 Å². The molecule has 0 saturated heterocycles. The number of ether oxygens (including phenoxy) is 2. The maximum Gasteiger partial charge on any atom is 0.136 e. The molecule has 2 rings (SSSR count). The monoisotopic (exact) mass is 300 g/mol. The van der Waals surface area contributed by atoms with Crippen LogP contribution in [0.4, 0.5) is 0 Å². The maximum atomic E-state index is 9.99. The Hall–Kier alpha value is -0.740. The van der Waals surface area contributed by atoms with Gasteiger partial charge >= 0.3 is 0 Å². The largest absolute Gasteiger partial charge is 0.495 e. The number of benzene rings is 1. The summed E-state index contributed by atoms with van der Waals surface area (Å²) in [5, 5.41) is 9.99. The molecule has 0 unspecified atom stereocenters. The Kier molecular flexibility index (Phi) is 3.64. The Bertz CT molecular complexity index is 413. The molecule has 0 aromatic heterocycles. The number of hydrogen-bond donors (Lipinski definition) is 1. The number of halogens is 1. The predicted molar refractivity (Wildman–Crippen MR) is 69.8 cm³/mol. The molecule has 0 bridgehead atoms. The summed E-state index contributed by atoms with van der Waals surface area (Å²) in [6, 6.07) is 3.84. The lowest BCUT2D eigenvalue weighted by molar-refractivity contribution is 0.149. The van der Waals surface area contributed by atoms with Gasteiger partial charge in [-0.1, -0.05) is 0 Å².